The molecule has 0 unspecified atom stereocenters. The Morgan fingerprint density at radius 1 is 1.04 bits per heavy atom. The highest BCUT2D eigenvalue weighted by molar-refractivity contribution is 7.89. The van der Waals surface area contributed by atoms with Gasteiger partial charge in [-0.3, -0.25) is 4.79 Å². The molecular weight excluding hydrogens is 355 g/mol. The number of carbonyl (C=O) groups excluding carboxylic acids is 1. The highest BCUT2D eigenvalue weighted by Crippen LogP contribution is 2.24. The fourth-order valence-electron chi connectivity index (χ4n) is 2.33. The number of nitrogens with zero attached hydrogens (tertiary/aromatic N) is 1. The maximum absolute atomic E-state index is 12.9. The number of hydrogen-bond acceptors (Lipinski definition) is 3. The number of rotatable bonds is 5. The molecule has 0 radical (unpaired) electrons. The predicted octanol–water partition coefficient (Wildman–Crippen LogP) is 3.38. The molecule has 1 amide bonds. The molecule has 26 heavy (non-hydrogen) atoms. The maximum atomic E-state index is 12.9. The summed E-state index contributed by atoms with van der Waals surface area (Å²) < 4.78 is 39.1. The molecule has 0 heterocycles. The first-order valence-electron chi connectivity index (χ1n) is 8.12. The number of likely N-dealkylation sites (N-methyl/N-ethyl adjacent to an activating group) is 1. The molecule has 0 saturated carbocycles. The van der Waals surface area contributed by atoms with Crippen LogP contribution >= 0.6 is 0 Å². The summed E-state index contributed by atoms with van der Waals surface area (Å²) in [5.74, 6) is -0.921. The molecule has 7 heteroatoms. The van der Waals surface area contributed by atoms with Crippen LogP contribution in [-0.4, -0.2) is 32.2 Å². The van der Waals surface area contributed by atoms with Crippen molar-refractivity contribution >= 4 is 21.6 Å². The van der Waals surface area contributed by atoms with E-state index in [0.29, 0.717) is 5.69 Å². The smallest absolute Gasteiger partial charge is 0.243 e. The summed E-state index contributed by atoms with van der Waals surface area (Å²) in [6, 6.07) is 11.9. The monoisotopic (exact) mass is 378 g/mol. The van der Waals surface area contributed by atoms with E-state index in [-0.39, 0.29) is 16.9 Å². The van der Waals surface area contributed by atoms with Crippen molar-refractivity contribution in [2.75, 3.05) is 18.9 Å². The highest BCUT2D eigenvalue weighted by atomic mass is 32.2. The van der Waals surface area contributed by atoms with Crippen molar-refractivity contribution in [2.45, 2.75) is 31.1 Å². The lowest BCUT2D eigenvalue weighted by Crippen LogP contribution is -2.35. The summed E-state index contributed by atoms with van der Waals surface area (Å²) in [4.78, 5) is 12.2. The van der Waals surface area contributed by atoms with Crippen molar-refractivity contribution in [3.05, 3.63) is 59.9 Å². The van der Waals surface area contributed by atoms with Gasteiger partial charge in [0.25, 0.3) is 0 Å². The molecule has 0 bridgehead atoms. The summed E-state index contributed by atoms with van der Waals surface area (Å²) in [6.45, 7) is 5.79. The third-order valence-electron chi connectivity index (χ3n) is 3.92. The lowest BCUT2D eigenvalue weighted by Gasteiger charge is -2.20. The minimum absolute atomic E-state index is 0.0801. The maximum Gasteiger partial charge on any atom is 0.243 e. The molecular formula is C19H23FN2O3S. The molecule has 0 saturated heterocycles. The summed E-state index contributed by atoms with van der Waals surface area (Å²) in [7, 11) is -2.44. The normalized spacial score (nSPS) is 12.2. The summed E-state index contributed by atoms with van der Waals surface area (Å²) in [6.07, 6.45) is 0. The quantitative estimate of drug-likeness (QED) is 0.867. The number of anilines is 1. The Bertz CT molecular complexity index is 870. The second-order valence-electron chi connectivity index (χ2n) is 7.09. The van der Waals surface area contributed by atoms with Crippen LogP contribution in [0.3, 0.4) is 0 Å². The van der Waals surface area contributed by atoms with Crippen molar-refractivity contribution in [2.24, 2.45) is 0 Å². The lowest BCUT2D eigenvalue weighted by molar-refractivity contribution is -0.116. The van der Waals surface area contributed by atoms with Crippen LogP contribution in [0.15, 0.2) is 53.4 Å². The summed E-state index contributed by atoms with van der Waals surface area (Å²) >= 11 is 0. The third kappa shape index (κ3) is 4.89. The molecule has 1 N–H and O–H groups in total. The van der Waals surface area contributed by atoms with Crippen LogP contribution in [0.2, 0.25) is 0 Å². The second-order valence-corrected chi connectivity index (χ2v) is 9.14. The molecule has 5 nitrogen and oxygen atoms in total. The zero-order chi connectivity index (χ0) is 19.5. The van der Waals surface area contributed by atoms with Crippen LogP contribution in [0.4, 0.5) is 10.1 Å². The van der Waals surface area contributed by atoms with E-state index < -0.39 is 21.7 Å². The predicted molar refractivity (Wildman–Crippen MR) is 100.0 cm³/mol. The number of halogens is 1. The van der Waals surface area contributed by atoms with Crippen molar-refractivity contribution in [1.82, 2.24) is 4.31 Å². The molecule has 0 fully saturated rings. The number of sulfonamides is 1. The van der Waals surface area contributed by atoms with E-state index >= 15 is 0 Å². The molecule has 0 aliphatic heterocycles. The average Bonchev–Trinajstić information content (AvgIpc) is 2.56. The molecule has 2 aromatic rings. The van der Waals surface area contributed by atoms with Gasteiger partial charge in [0, 0.05) is 12.7 Å². The Labute approximate surface area is 153 Å². The second kappa shape index (κ2) is 7.55. The molecule has 0 aromatic heterocycles. The summed E-state index contributed by atoms with van der Waals surface area (Å²) in [5.41, 5.74) is 1.34. The van der Waals surface area contributed by atoms with Gasteiger partial charge >= 0.3 is 0 Å². The van der Waals surface area contributed by atoms with Gasteiger partial charge in [0.05, 0.1) is 11.4 Å². The Hall–Kier alpha value is -2.25. The van der Waals surface area contributed by atoms with Gasteiger partial charge in [-0.05, 0) is 47.4 Å². The van der Waals surface area contributed by atoms with Crippen LogP contribution in [0.25, 0.3) is 0 Å². The van der Waals surface area contributed by atoms with Gasteiger partial charge in [-0.25, -0.2) is 12.8 Å². The Morgan fingerprint density at radius 2 is 1.58 bits per heavy atom. The number of benzene rings is 2. The largest absolute Gasteiger partial charge is 0.325 e. The van der Waals surface area contributed by atoms with Crippen molar-refractivity contribution < 1.29 is 17.6 Å². The average molecular weight is 378 g/mol. The minimum atomic E-state index is -3.78. The van der Waals surface area contributed by atoms with Crippen LogP contribution in [-0.2, 0) is 20.2 Å². The Morgan fingerprint density at radius 3 is 2.08 bits per heavy atom. The van der Waals surface area contributed by atoms with E-state index in [1.165, 1.54) is 31.3 Å². The zero-order valence-electron chi connectivity index (χ0n) is 15.3. The van der Waals surface area contributed by atoms with E-state index in [9.17, 15) is 17.6 Å². The topological polar surface area (TPSA) is 66.5 Å². The molecule has 0 spiro atoms. The van der Waals surface area contributed by atoms with Crippen LogP contribution in [0.1, 0.15) is 26.3 Å². The third-order valence-corrected chi connectivity index (χ3v) is 5.74. The van der Waals surface area contributed by atoms with Crippen molar-refractivity contribution in [3.8, 4) is 0 Å². The van der Waals surface area contributed by atoms with E-state index in [0.717, 1.165) is 9.87 Å². The van der Waals surface area contributed by atoms with Gasteiger partial charge in [0.15, 0.2) is 0 Å². The molecule has 0 atom stereocenters. The van der Waals surface area contributed by atoms with Crippen LogP contribution in [0, 0.1) is 5.82 Å². The van der Waals surface area contributed by atoms with Crippen LogP contribution < -0.4 is 5.32 Å². The zero-order valence-corrected chi connectivity index (χ0v) is 16.1. The van der Waals surface area contributed by atoms with E-state index in [1.54, 1.807) is 24.3 Å². The first-order valence-corrected chi connectivity index (χ1v) is 9.56. The fraction of sp³-hybridized carbons (Fsp3) is 0.316. The fourth-order valence-corrected chi connectivity index (χ4v) is 3.45. The van der Waals surface area contributed by atoms with Gasteiger partial charge in [-0.15, -0.1) is 0 Å². The molecule has 0 aliphatic carbocycles. The molecule has 140 valence electrons. The number of amides is 1. The van der Waals surface area contributed by atoms with Crippen molar-refractivity contribution in [1.29, 1.82) is 0 Å². The molecule has 2 rings (SSSR count). The minimum Gasteiger partial charge on any atom is -0.325 e. The number of carbonyl (C=O) groups is 1. The van der Waals surface area contributed by atoms with Gasteiger partial charge in [0.1, 0.15) is 5.82 Å². The van der Waals surface area contributed by atoms with E-state index in [1.807, 2.05) is 20.8 Å². The van der Waals surface area contributed by atoms with Crippen LogP contribution in [0.5, 0.6) is 0 Å². The first kappa shape index (κ1) is 20.1. The number of hydrogen-bond donors (Lipinski definition) is 1. The van der Waals surface area contributed by atoms with E-state index in [2.05, 4.69) is 5.32 Å². The van der Waals surface area contributed by atoms with E-state index in [4.69, 9.17) is 0 Å². The van der Waals surface area contributed by atoms with Gasteiger partial charge < -0.3 is 5.32 Å². The van der Waals surface area contributed by atoms with Gasteiger partial charge in [-0.1, -0.05) is 32.9 Å². The first-order chi connectivity index (χ1) is 12.0. The SMILES string of the molecule is CN(CC(=O)Nc1ccc(F)cc1)S(=O)(=O)c1ccc(C(C)(C)C)cc1. The molecule has 2 aromatic carbocycles. The number of nitrogens with one attached hydrogen (secondary N) is 1. The lowest BCUT2D eigenvalue weighted by atomic mass is 9.87. The highest BCUT2D eigenvalue weighted by Gasteiger charge is 2.24. The van der Waals surface area contributed by atoms with Gasteiger partial charge in [0.2, 0.25) is 15.9 Å². The Balaban J connectivity index is 2.08. The van der Waals surface area contributed by atoms with Crippen molar-refractivity contribution in [3.63, 3.8) is 0 Å². The standard InChI is InChI=1S/C19H23FN2O3S/c1-19(2,3)14-5-11-17(12-6-14)26(24,25)22(4)13-18(23)21-16-9-7-15(20)8-10-16/h5-12H,13H2,1-4H3,(H,21,23). The van der Waals surface area contributed by atoms with Gasteiger partial charge in [-0.2, -0.15) is 4.31 Å². The Kier molecular flexibility index (Phi) is 5.83. The summed E-state index contributed by atoms with van der Waals surface area (Å²) in [5, 5.41) is 2.54. The molecule has 0 aliphatic rings.